The van der Waals surface area contributed by atoms with Gasteiger partial charge in [-0.05, 0) is 0 Å². The van der Waals surface area contributed by atoms with E-state index in [0.717, 1.165) is 0 Å². The quantitative estimate of drug-likeness (QED) is 0.270. The molecule has 0 fully saturated rings. The van der Waals surface area contributed by atoms with Gasteiger partial charge in [-0.3, -0.25) is 4.57 Å². The van der Waals surface area contributed by atoms with Crippen molar-refractivity contribution in [2.24, 2.45) is 0 Å². The molecule has 0 aliphatic heterocycles. The summed E-state index contributed by atoms with van der Waals surface area (Å²) >= 11 is 0. The maximum atomic E-state index is 8.77. The second kappa shape index (κ2) is 9.07. The number of hydrogen-bond donors (Lipinski definition) is 2. The minimum atomic E-state index is -4.89. The molecule has 0 aliphatic rings. The van der Waals surface area contributed by atoms with Gasteiger partial charge in [-0.2, -0.15) is 0 Å². The van der Waals surface area contributed by atoms with Crippen LogP contribution >= 0.6 is 7.82 Å². The summed E-state index contributed by atoms with van der Waals surface area (Å²) in [6, 6.07) is 0. The SMILES string of the molecule is O=P([O-])(O)O.[Na+].[Na+].[OH-]. The van der Waals surface area contributed by atoms with Crippen molar-refractivity contribution >= 4 is 7.82 Å². The van der Waals surface area contributed by atoms with Crippen LogP contribution in [-0.4, -0.2) is 15.3 Å². The first-order valence-corrected chi connectivity index (χ1v) is 2.30. The maximum Gasteiger partial charge on any atom is 1.00 e. The molecule has 0 atom stereocenters. The van der Waals surface area contributed by atoms with Crippen LogP contribution in [0.15, 0.2) is 0 Å². The van der Waals surface area contributed by atoms with E-state index in [0.29, 0.717) is 0 Å². The van der Waals surface area contributed by atoms with Crippen LogP contribution in [0.3, 0.4) is 0 Å². The zero-order valence-electron chi connectivity index (χ0n) is 4.61. The third-order valence-electron chi connectivity index (χ3n) is 0. The van der Waals surface area contributed by atoms with Gasteiger partial charge < -0.3 is 20.2 Å². The average Bonchev–Trinajstić information content (AvgIpc) is 0.722. The van der Waals surface area contributed by atoms with E-state index in [1.807, 2.05) is 0 Å². The first kappa shape index (κ1) is 22.5. The van der Waals surface area contributed by atoms with Gasteiger partial charge in [-0.15, -0.1) is 0 Å². The summed E-state index contributed by atoms with van der Waals surface area (Å²) in [6.07, 6.45) is 0. The van der Waals surface area contributed by atoms with Crippen molar-refractivity contribution in [1.82, 2.24) is 0 Å². The Bertz CT molecular complexity index is 56.6. The third kappa shape index (κ3) is 94.1. The first-order valence-electron chi connectivity index (χ1n) is 0.765. The summed E-state index contributed by atoms with van der Waals surface area (Å²) in [5.74, 6) is 0. The molecule has 0 unspecified atom stereocenters. The molecule has 8 heteroatoms. The molecule has 5 nitrogen and oxygen atoms in total. The molecule has 0 aliphatic carbocycles. The van der Waals surface area contributed by atoms with Crippen molar-refractivity contribution in [3.05, 3.63) is 0 Å². The largest absolute Gasteiger partial charge is 1.00 e. The Kier molecular flexibility index (Phi) is 25.5. The Hall–Kier alpha value is 2.07. The van der Waals surface area contributed by atoms with E-state index >= 15 is 0 Å². The van der Waals surface area contributed by atoms with Crippen molar-refractivity contribution < 1.29 is 83.8 Å². The molecule has 0 aromatic carbocycles. The summed E-state index contributed by atoms with van der Waals surface area (Å²) in [5, 5.41) is 0. The summed E-state index contributed by atoms with van der Waals surface area (Å²) < 4.78 is 8.77. The van der Waals surface area contributed by atoms with Gasteiger partial charge in [0.1, 0.15) is 0 Å². The summed E-state index contributed by atoms with van der Waals surface area (Å²) in [6.45, 7) is 0. The predicted octanol–water partition coefficient (Wildman–Crippen LogP) is -7.73. The van der Waals surface area contributed by atoms with Crippen LogP contribution in [0, 0.1) is 0 Å². The Morgan fingerprint density at radius 2 is 1.25 bits per heavy atom. The smallest absolute Gasteiger partial charge is 0.870 e. The first-order chi connectivity index (χ1) is 2.00. The second-order valence-corrected chi connectivity index (χ2v) is 1.47. The van der Waals surface area contributed by atoms with E-state index in [-0.39, 0.29) is 64.6 Å². The number of rotatable bonds is 0. The topological polar surface area (TPSA) is 111 Å². The van der Waals surface area contributed by atoms with E-state index in [4.69, 9.17) is 19.2 Å². The van der Waals surface area contributed by atoms with Crippen LogP contribution in [0.1, 0.15) is 0 Å². The molecule has 0 amide bonds. The molecule has 0 heterocycles. The van der Waals surface area contributed by atoms with Crippen molar-refractivity contribution in [2.75, 3.05) is 0 Å². The van der Waals surface area contributed by atoms with Crippen LogP contribution in [0.25, 0.3) is 0 Å². The van der Waals surface area contributed by atoms with Gasteiger partial charge in [0.25, 0.3) is 7.82 Å². The molecular weight excluding hydrogens is 157 g/mol. The molecule has 3 N–H and O–H groups in total. The van der Waals surface area contributed by atoms with Gasteiger partial charge in [-0.25, -0.2) is 0 Å². The monoisotopic (exact) mass is 160 g/mol. The zero-order valence-corrected chi connectivity index (χ0v) is 9.50. The van der Waals surface area contributed by atoms with Crippen LogP contribution < -0.4 is 64.0 Å². The fourth-order valence-electron chi connectivity index (χ4n) is 0. The molecule has 40 valence electrons. The number of phosphoric acid groups is 1. The van der Waals surface area contributed by atoms with Gasteiger partial charge in [0.05, 0.1) is 0 Å². The van der Waals surface area contributed by atoms with E-state index < -0.39 is 7.82 Å². The van der Waals surface area contributed by atoms with Crippen molar-refractivity contribution in [3.8, 4) is 0 Å². The Morgan fingerprint density at radius 3 is 1.25 bits per heavy atom. The van der Waals surface area contributed by atoms with Crippen LogP contribution in [0.4, 0.5) is 0 Å². The summed E-state index contributed by atoms with van der Waals surface area (Å²) in [7, 11) is -4.89. The number of hydrogen-bond acceptors (Lipinski definition) is 3. The fraction of sp³-hybridized carbons (Fsp3) is 0. The molecule has 0 spiro atoms. The van der Waals surface area contributed by atoms with Crippen molar-refractivity contribution in [3.63, 3.8) is 0 Å². The Balaban J connectivity index is -0.0000000267. The van der Waals surface area contributed by atoms with Crippen molar-refractivity contribution in [2.45, 2.75) is 0 Å². The van der Waals surface area contributed by atoms with Crippen LogP contribution in [0.5, 0.6) is 0 Å². The molecule has 0 aromatic heterocycles. The van der Waals surface area contributed by atoms with E-state index in [2.05, 4.69) is 0 Å². The van der Waals surface area contributed by atoms with Gasteiger partial charge in [0, 0.05) is 0 Å². The molecule has 0 saturated carbocycles. The molecule has 0 bridgehead atoms. The Labute approximate surface area is 90.6 Å². The standard InChI is InChI=1S/2Na.H3O4P.H2O/c;;1-5(2,3)4;/h;;(H3,1,2,3,4);1H2/q2*+1;;/p-2. The molecule has 8 heavy (non-hydrogen) atoms. The minimum Gasteiger partial charge on any atom is -0.870 e. The van der Waals surface area contributed by atoms with E-state index in [9.17, 15) is 0 Å². The van der Waals surface area contributed by atoms with Crippen LogP contribution in [0.2, 0.25) is 0 Å². The van der Waals surface area contributed by atoms with Crippen molar-refractivity contribution in [1.29, 1.82) is 0 Å². The Morgan fingerprint density at radius 1 is 1.25 bits per heavy atom. The van der Waals surface area contributed by atoms with Gasteiger partial charge in [-0.1, -0.05) is 0 Å². The maximum absolute atomic E-state index is 8.77. The van der Waals surface area contributed by atoms with Crippen LogP contribution in [-0.2, 0) is 4.57 Å². The van der Waals surface area contributed by atoms with Gasteiger partial charge in [0.2, 0.25) is 0 Å². The summed E-state index contributed by atoms with van der Waals surface area (Å²) in [5.41, 5.74) is 0. The van der Waals surface area contributed by atoms with E-state index in [1.165, 1.54) is 0 Å². The molecule has 0 radical (unpaired) electrons. The fourth-order valence-corrected chi connectivity index (χ4v) is 0. The summed E-state index contributed by atoms with van der Waals surface area (Å²) in [4.78, 5) is 22.9. The normalized spacial score (nSPS) is 7.38. The molecular formula is H3Na2O5P. The van der Waals surface area contributed by atoms with E-state index in [1.54, 1.807) is 0 Å². The predicted molar refractivity (Wildman–Crippen MR) is 14.0 cm³/mol. The second-order valence-electron chi connectivity index (χ2n) is 0.491. The molecule has 0 aromatic rings. The molecule has 0 saturated heterocycles. The zero-order chi connectivity index (χ0) is 4.50. The minimum absolute atomic E-state index is 0. The third-order valence-corrected chi connectivity index (χ3v) is 0. The average molecular weight is 160 g/mol. The van der Waals surface area contributed by atoms with Gasteiger partial charge >= 0.3 is 59.1 Å². The molecule has 0 rings (SSSR count). The van der Waals surface area contributed by atoms with Gasteiger partial charge in [0.15, 0.2) is 0 Å².